The van der Waals surface area contributed by atoms with Crippen molar-refractivity contribution in [1.82, 2.24) is 0 Å². The van der Waals surface area contributed by atoms with Gasteiger partial charge in [-0.2, -0.15) is 15.4 Å². The molecule has 0 saturated heterocycles. The van der Waals surface area contributed by atoms with E-state index in [0.29, 0.717) is 11.6 Å². The van der Waals surface area contributed by atoms with E-state index in [1.54, 1.807) is 31.1 Å². The fraction of sp³-hybridized carbons (Fsp3) is 0.136. The molecule has 1 aliphatic rings. The maximum atomic E-state index is 13.1. The summed E-state index contributed by atoms with van der Waals surface area (Å²) in [5.74, 6) is -1.69. The second-order valence-corrected chi connectivity index (χ2v) is 6.71. The molecule has 0 aliphatic carbocycles. The van der Waals surface area contributed by atoms with Crippen molar-refractivity contribution in [3.8, 4) is 6.07 Å². The van der Waals surface area contributed by atoms with Gasteiger partial charge in [-0.3, -0.25) is 4.79 Å². The van der Waals surface area contributed by atoms with Crippen LogP contribution in [0, 0.1) is 11.3 Å². The Morgan fingerprint density at radius 3 is 2.44 bits per heavy atom. The zero-order chi connectivity index (χ0) is 23.4. The molecule has 1 amide bonds. The Labute approximate surface area is 182 Å². The molecule has 10 heteroatoms. The molecule has 0 fully saturated rings. The number of rotatable bonds is 6. The number of carboxylic acids is 1. The summed E-state index contributed by atoms with van der Waals surface area (Å²) in [5, 5.41) is 23.5. The van der Waals surface area contributed by atoms with Crippen molar-refractivity contribution in [2.45, 2.75) is 0 Å². The first-order chi connectivity index (χ1) is 15.3. The van der Waals surface area contributed by atoms with Gasteiger partial charge in [0, 0.05) is 20.2 Å². The van der Waals surface area contributed by atoms with Gasteiger partial charge in [0.05, 0.1) is 29.5 Å². The smallest absolute Gasteiger partial charge is 0.338 e. The minimum Gasteiger partial charge on any atom is -0.478 e. The first-order valence-corrected chi connectivity index (χ1v) is 9.21. The number of hydrogen-bond donors (Lipinski definition) is 1. The number of methoxy groups -OCH3 is 1. The second kappa shape index (κ2) is 9.01. The minimum atomic E-state index is -1.13. The predicted octanol–water partition coefficient (Wildman–Crippen LogP) is 2.45. The number of benzene rings is 1. The molecular formula is C22H18N4O6. The van der Waals surface area contributed by atoms with Gasteiger partial charge in [-0.15, -0.1) is 0 Å². The number of ether oxygens (including phenoxy) is 1. The van der Waals surface area contributed by atoms with Crippen LogP contribution in [0.25, 0.3) is 6.08 Å². The van der Waals surface area contributed by atoms with E-state index < -0.39 is 17.8 Å². The number of carboxylic acid groups (broad SMARTS) is 1. The summed E-state index contributed by atoms with van der Waals surface area (Å²) in [6.07, 6.45) is 2.79. The van der Waals surface area contributed by atoms with Crippen molar-refractivity contribution in [2.24, 2.45) is 5.10 Å². The van der Waals surface area contributed by atoms with Gasteiger partial charge in [0.2, 0.25) is 0 Å². The molecule has 1 aliphatic heterocycles. The number of anilines is 2. The molecule has 0 saturated carbocycles. The summed E-state index contributed by atoms with van der Waals surface area (Å²) in [6.45, 7) is 0. The normalized spacial score (nSPS) is 14.9. The molecule has 2 heterocycles. The third-order valence-corrected chi connectivity index (χ3v) is 4.45. The Hall–Kier alpha value is -4.65. The predicted molar refractivity (Wildman–Crippen MR) is 115 cm³/mol. The number of nitrogens with zero attached hydrogens (tertiary/aromatic N) is 4. The van der Waals surface area contributed by atoms with Crippen molar-refractivity contribution in [3.05, 3.63) is 64.9 Å². The summed E-state index contributed by atoms with van der Waals surface area (Å²) in [5.41, 5.74) is -0.440. The lowest BCUT2D eigenvalue weighted by Gasteiger charge is -2.12. The SMILES string of the molecule is COC(=O)C(/C=C/c1ccc(N(C)C)o1)=C1/C(=O)N(c2ccc(C(=O)O)cc2)N=C1C#N. The standard InChI is InChI=1S/C22H18N4O6/c1-25(2)18-11-9-15(32-18)8-10-16(22(30)31-3)19-17(12-23)24-26(20(19)27)14-6-4-13(5-7-14)21(28)29/h4-11H,1-3H3,(H,28,29)/b10-8+,19-16+. The quantitative estimate of drug-likeness (QED) is 0.541. The first kappa shape index (κ1) is 22.0. The summed E-state index contributed by atoms with van der Waals surface area (Å²) >= 11 is 0. The van der Waals surface area contributed by atoms with Crippen LogP contribution < -0.4 is 9.91 Å². The van der Waals surface area contributed by atoms with Crippen LogP contribution in [0.15, 0.2) is 63.1 Å². The molecule has 0 unspecified atom stereocenters. The number of esters is 1. The molecule has 1 aromatic heterocycles. The van der Waals surface area contributed by atoms with Crippen LogP contribution in [0.5, 0.6) is 0 Å². The number of carbonyl (C=O) groups excluding carboxylic acids is 2. The highest BCUT2D eigenvalue weighted by Gasteiger charge is 2.35. The number of furan rings is 1. The molecule has 0 radical (unpaired) electrons. The number of carbonyl (C=O) groups is 3. The van der Waals surface area contributed by atoms with Gasteiger partial charge in [0.25, 0.3) is 5.91 Å². The second-order valence-electron chi connectivity index (χ2n) is 6.71. The van der Waals surface area contributed by atoms with Crippen LogP contribution in [-0.4, -0.2) is 49.9 Å². The topological polar surface area (TPSA) is 136 Å². The summed E-state index contributed by atoms with van der Waals surface area (Å²) in [4.78, 5) is 38.3. The summed E-state index contributed by atoms with van der Waals surface area (Å²) in [6, 6.07) is 10.6. The Kier molecular flexibility index (Phi) is 6.21. The van der Waals surface area contributed by atoms with E-state index in [-0.39, 0.29) is 28.1 Å². The van der Waals surface area contributed by atoms with Crippen LogP contribution in [0.1, 0.15) is 16.1 Å². The molecule has 0 atom stereocenters. The van der Waals surface area contributed by atoms with Crippen LogP contribution in [0.4, 0.5) is 11.6 Å². The molecule has 0 spiro atoms. The third-order valence-electron chi connectivity index (χ3n) is 4.45. The van der Waals surface area contributed by atoms with Crippen LogP contribution in [-0.2, 0) is 14.3 Å². The fourth-order valence-corrected chi connectivity index (χ4v) is 2.84. The van der Waals surface area contributed by atoms with Gasteiger partial charge in [0.15, 0.2) is 11.6 Å². The molecule has 162 valence electrons. The molecule has 1 N–H and O–H groups in total. The number of amides is 1. The van der Waals surface area contributed by atoms with Crippen molar-refractivity contribution in [2.75, 3.05) is 31.1 Å². The number of aromatic carboxylic acids is 1. The van der Waals surface area contributed by atoms with Gasteiger partial charge in [-0.25, -0.2) is 9.59 Å². The number of hydrogen-bond acceptors (Lipinski definition) is 8. The molecule has 32 heavy (non-hydrogen) atoms. The van der Waals surface area contributed by atoms with Crippen LogP contribution in [0.3, 0.4) is 0 Å². The van der Waals surface area contributed by atoms with E-state index in [9.17, 15) is 19.6 Å². The van der Waals surface area contributed by atoms with Crippen molar-refractivity contribution < 1.29 is 28.6 Å². The van der Waals surface area contributed by atoms with Gasteiger partial charge < -0.3 is 19.2 Å². The lowest BCUT2D eigenvalue weighted by molar-refractivity contribution is -0.136. The van der Waals surface area contributed by atoms with Gasteiger partial charge in [-0.1, -0.05) is 0 Å². The van der Waals surface area contributed by atoms with Gasteiger partial charge in [-0.05, 0) is 42.5 Å². The van der Waals surface area contributed by atoms with E-state index in [1.165, 1.54) is 36.4 Å². The Morgan fingerprint density at radius 1 is 1.22 bits per heavy atom. The van der Waals surface area contributed by atoms with E-state index in [1.807, 2.05) is 6.07 Å². The van der Waals surface area contributed by atoms with E-state index in [2.05, 4.69) is 5.10 Å². The van der Waals surface area contributed by atoms with Crippen LogP contribution >= 0.6 is 0 Å². The number of nitriles is 1. The van der Waals surface area contributed by atoms with Gasteiger partial charge >= 0.3 is 11.9 Å². The Morgan fingerprint density at radius 2 is 1.91 bits per heavy atom. The minimum absolute atomic E-state index is 0.0226. The third kappa shape index (κ3) is 4.27. The molecule has 10 nitrogen and oxygen atoms in total. The Bertz CT molecular complexity index is 1210. The van der Waals surface area contributed by atoms with Crippen LogP contribution in [0.2, 0.25) is 0 Å². The Balaban J connectivity index is 2.03. The maximum Gasteiger partial charge on any atom is 0.338 e. The fourth-order valence-electron chi connectivity index (χ4n) is 2.84. The molecule has 3 rings (SSSR count). The monoisotopic (exact) mass is 434 g/mol. The highest BCUT2D eigenvalue weighted by Crippen LogP contribution is 2.27. The largest absolute Gasteiger partial charge is 0.478 e. The average Bonchev–Trinajstić information content (AvgIpc) is 3.39. The van der Waals surface area contributed by atoms with Gasteiger partial charge in [0.1, 0.15) is 11.8 Å². The van der Waals surface area contributed by atoms with E-state index in [4.69, 9.17) is 14.3 Å². The van der Waals surface area contributed by atoms with E-state index in [0.717, 1.165) is 12.1 Å². The summed E-state index contributed by atoms with van der Waals surface area (Å²) < 4.78 is 10.4. The summed E-state index contributed by atoms with van der Waals surface area (Å²) in [7, 11) is 4.76. The van der Waals surface area contributed by atoms with Crippen molar-refractivity contribution >= 4 is 41.2 Å². The molecule has 0 bridgehead atoms. The molecular weight excluding hydrogens is 416 g/mol. The molecule has 2 aromatic rings. The highest BCUT2D eigenvalue weighted by atomic mass is 16.5. The number of hydrazone groups is 1. The first-order valence-electron chi connectivity index (χ1n) is 9.21. The average molecular weight is 434 g/mol. The lowest BCUT2D eigenvalue weighted by atomic mass is 10.0. The zero-order valence-electron chi connectivity index (χ0n) is 17.4. The lowest BCUT2D eigenvalue weighted by Crippen LogP contribution is -2.23. The van der Waals surface area contributed by atoms with E-state index >= 15 is 0 Å². The zero-order valence-corrected chi connectivity index (χ0v) is 17.4. The maximum absolute atomic E-state index is 13.1. The van der Waals surface area contributed by atoms with Crippen molar-refractivity contribution in [3.63, 3.8) is 0 Å². The van der Waals surface area contributed by atoms with Crippen molar-refractivity contribution in [1.29, 1.82) is 5.26 Å². The molecule has 1 aromatic carbocycles. The highest BCUT2D eigenvalue weighted by molar-refractivity contribution is 6.37.